The Morgan fingerprint density at radius 3 is 2.64 bits per heavy atom. The molecule has 2 rings (SSSR count). The van der Waals surface area contributed by atoms with E-state index in [1.807, 2.05) is 13.1 Å². The van der Waals surface area contributed by atoms with E-state index in [1.54, 1.807) is 0 Å². The maximum absolute atomic E-state index is 4.38. The van der Waals surface area contributed by atoms with Crippen molar-refractivity contribution in [3.8, 4) is 0 Å². The molecular formula is C9H13N2. The maximum atomic E-state index is 4.38. The first-order valence-corrected chi connectivity index (χ1v) is 4.32. The van der Waals surface area contributed by atoms with Gasteiger partial charge < -0.3 is 0 Å². The molecule has 2 nitrogen and oxygen atoms in total. The van der Waals surface area contributed by atoms with Crippen LogP contribution in [-0.2, 0) is 0 Å². The molecule has 1 radical (unpaired) electrons. The van der Waals surface area contributed by atoms with Gasteiger partial charge in [-0.1, -0.05) is 12.8 Å². The average molecular weight is 149 g/mol. The first-order chi connectivity index (χ1) is 5.36. The number of nitrogens with zero attached hydrogens (tertiary/aromatic N) is 2. The fourth-order valence-corrected chi connectivity index (χ4v) is 1.78. The lowest BCUT2D eigenvalue weighted by Crippen LogP contribution is -2.16. The van der Waals surface area contributed by atoms with Gasteiger partial charge in [0.25, 0.3) is 0 Å². The molecule has 11 heavy (non-hydrogen) atoms. The Morgan fingerprint density at radius 2 is 2.09 bits per heavy atom. The SMILES string of the molecule is CC1=C[N]C(C2CCCC2)=N1. The zero-order valence-corrected chi connectivity index (χ0v) is 6.88. The Morgan fingerprint density at radius 1 is 1.36 bits per heavy atom. The van der Waals surface area contributed by atoms with E-state index in [-0.39, 0.29) is 0 Å². The summed E-state index contributed by atoms with van der Waals surface area (Å²) in [5, 5.41) is 4.29. The normalized spacial score (nSPS) is 24.8. The molecule has 0 saturated heterocycles. The Kier molecular flexibility index (Phi) is 1.68. The third-order valence-corrected chi connectivity index (χ3v) is 2.39. The molecule has 1 aliphatic heterocycles. The minimum atomic E-state index is 0.670. The van der Waals surface area contributed by atoms with E-state index in [0.29, 0.717) is 5.92 Å². The minimum absolute atomic E-state index is 0.670. The summed E-state index contributed by atoms with van der Waals surface area (Å²) in [5.74, 6) is 1.75. The van der Waals surface area contributed by atoms with Gasteiger partial charge in [-0.25, -0.2) is 10.3 Å². The number of hydrogen-bond donors (Lipinski definition) is 0. The van der Waals surface area contributed by atoms with Crippen LogP contribution < -0.4 is 5.32 Å². The van der Waals surface area contributed by atoms with Crippen LogP contribution in [-0.4, -0.2) is 5.84 Å². The number of amidine groups is 1. The van der Waals surface area contributed by atoms with Crippen LogP contribution in [0.4, 0.5) is 0 Å². The molecule has 2 heteroatoms. The van der Waals surface area contributed by atoms with Crippen molar-refractivity contribution in [1.29, 1.82) is 0 Å². The molecule has 0 atom stereocenters. The molecule has 2 aliphatic rings. The van der Waals surface area contributed by atoms with Crippen molar-refractivity contribution in [3.05, 3.63) is 11.9 Å². The molecule has 0 spiro atoms. The van der Waals surface area contributed by atoms with Crippen LogP contribution in [0.5, 0.6) is 0 Å². The average Bonchev–Trinajstić information content (AvgIpc) is 2.55. The van der Waals surface area contributed by atoms with Crippen LogP contribution in [0.3, 0.4) is 0 Å². The Hall–Kier alpha value is -0.790. The number of rotatable bonds is 1. The highest BCUT2D eigenvalue weighted by Crippen LogP contribution is 2.27. The van der Waals surface area contributed by atoms with Crippen molar-refractivity contribution in [3.63, 3.8) is 0 Å². The first-order valence-electron chi connectivity index (χ1n) is 4.32. The van der Waals surface area contributed by atoms with Crippen molar-refractivity contribution in [1.82, 2.24) is 5.32 Å². The summed E-state index contributed by atoms with van der Waals surface area (Å²) < 4.78 is 0. The van der Waals surface area contributed by atoms with E-state index in [9.17, 15) is 0 Å². The highest BCUT2D eigenvalue weighted by atomic mass is 15.0. The van der Waals surface area contributed by atoms with Crippen molar-refractivity contribution in [2.75, 3.05) is 0 Å². The van der Waals surface area contributed by atoms with Gasteiger partial charge in [0.2, 0.25) is 0 Å². The molecule has 0 aromatic rings. The van der Waals surface area contributed by atoms with Crippen molar-refractivity contribution in [2.24, 2.45) is 10.9 Å². The molecule has 1 aliphatic carbocycles. The Balaban J connectivity index is 2.02. The van der Waals surface area contributed by atoms with Gasteiger partial charge in [0.15, 0.2) is 0 Å². The summed E-state index contributed by atoms with van der Waals surface area (Å²) in [6.07, 6.45) is 7.18. The van der Waals surface area contributed by atoms with Gasteiger partial charge in [-0.15, -0.1) is 0 Å². The molecule has 0 N–H and O–H groups in total. The fraction of sp³-hybridized carbons (Fsp3) is 0.667. The van der Waals surface area contributed by atoms with Gasteiger partial charge in [-0.05, 0) is 19.8 Å². The highest BCUT2D eigenvalue weighted by Gasteiger charge is 2.22. The summed E-state index contributed by atoms with van der Waals surface area (Å²) in [7, 11) is 0. The third kappa shape index (κ3) is 1.30. The van der Waals surface area contributed by atoms with Gasteiger partial charge in [-0.3, -0.25) is 0 Å². The summed E-state index contributed by atoms with van der Waals surface area (Å²) >= 11 is 0. The van der Waals surface area contributed by atoms with Crippen LogP contribution in [0.1, 0.15) is 32.6 Å². The molecule has 0 aromatic carbocycles. The standard InChI is InChI=1S/C9H13N2/c1-7-6-10-9(11-7)8-4-2-3-5-8/h6,8H,2-5H2,1H3. The van der Waals surface area contributed by atoms with Crippen LogP contribution in [0.15, 0.2) is 16.9 Å². The molecule has 59 valence electrons. The minimum Gasteiger partial charge on any atom is -0.239 e. The lowest BCUT2D eigenvalue weighted by atomic mass is 10.1. The molecule has 1 saturated carbocycles. The van der Waals surface area contributed by atoms with Gasteiger partial charge >= 0.3 is 0 Å². The Bertz CT molecular complexity index is 210. The second-order valence-electron chi connectivity index (χ2n) is 3.35. The fourth-order valence-electron chi connectivity index (χ4n) is 1.78. The van der Waals surface area contributed by atoms with Gasteiger partial charge in [0, 0.05) is 5.92 Å². The molecule has 0 amide bonds. The van der Waals surface area contributed by atoms with Gasteiger partial charge in [0.1, 0.15) is 5.84 Å². The van der Waals surface area contributed by atoms with E-state index in [2.05, 4.69) is 10.3 Å². The van der Waals surface area contributed by atoms with Gasteiger partial charge in [0.05, 0.1) is 11.9 Å². The lowest BCUT2D eigenvalue weighted by Gasteiger charge is -2.05. The van der Waals surface area contributed by atoms with Crippen LogP contribution >= 0.6 is 0 Å². The lowest BCUT2D eigenvalue weighted by molar-refractivity contribution is 0.711. The molecule has 1 heterocycles. The van der Waals surface area contributed by atoms with Crippen molar-refractivity contribution >= 4 is 5.84 Å². The Labute approximate surface area is 67.4 Å². The van der Waals surface area contributed by atoms with E-state index >= 15 is 0 Å². The first kappa shape index (κ1) is 6.89. The molecule has 0 bridgehead atoms. The summed E-state index contributed by atoms with van der Waals surface area (Å²) in [4.78, 5) is 4.38. The largest absolute Gasteiger partial charge is 0.239 e. The van der Waals surface area contributed by atoms with Crippen molar-refractivity contribution < 1.29 is 0 Å². The monoisotopic (exact) mass is 149 g/mol. The highest BCUT2D eigenvalue weighted by molar-refractivity contribution is 5.88. The smallest absolute Gasteiger partial charge is 0.131 e. The zero-order chi connectivity index (χ0) is 7.68. The van der Waals surface area contributed by atoms with Gasteiger partial charge in [-0.2, -0.15) is 0 Å². The topological polar surface area (TPSA) is 26.5 Å². The van der Waals surface area contributed by atoms with Crippen LogP contribution in [0, 0.1) is 5.92 Å². The predicted octanol–water partition coefficient (Wildman–Crippen LogP) is 2.05. The summed E-state index contributed by atoms with van der Waals surface area (Å²) in [6, 6.07) is 0. The van der Waals surface area contributed by atoms with Crippen LogP contribution in [0.2, 0.25) is 0 Å². The third-order valence-electron chi connectivity index (χ3n) is 2.39. The molecule has 0 aromatic heterocycles. The molecular weight excluding hydrogens is 136 g/mol. The predicted molar refractivity (Wildman–Crippen MR) is 45.3 cm³/mol. The number of allylic oxidation sites excluding steroid dienone is 1. The molecule has 0 unspecified atom stereocenters. The maximum Gasteiger partial charge on any atom is 0.131 e. The zero-order valence-electron chi connectivity index (χ0n) is 6.88. The van der Waals surface area contributed by atoms with E-state index in [4.69, 9.17) is 0 Å². The second kappa shape index (κ2) is 2.68. The van der Waals surface area contributed by atoms with Crippen LogP contribution in [0.25, 0.3) is 0 Å². The summed E-state index contributed by atoms with van der Waals surface area (Å²) in [5.41, 5.74) is 1.06. The second-order valence-corrected chi connectivity index (χ2v) is 3.35. The van der Waals surface area contributed by atoms with E-state index in [1.165, 1.54) is 25.7 Å². The summed E-state index contributed by atoms with van der Waals surface area (Å²) in [6.45, 7) is 2.01. The van der Waals surface area contributed by atoms with E-state index in [0.717, 1.165) is 11.5 Å². The molecule has 1 fully saturated rings. The number of aliphatic imine (C=N–C) groups is 1. The number of hydrogen-bond acceptors (Lipinski definition) is 1. The quantitative estimate of drug-likeness (QED) is 0.545. The van der Waals surface area contributed by atoms with E-state index < -0.39 is 0 Å². The van der Waals surface area contributed by atoms with Crippen molar-refractivity contribution in [2.45, 2.75) is 32.6 Å².